The van der Waals surface area contributed by atoms with Crippen molar-refractivity contribution >= 4 is 54.9 Å². The average Bonchev–Trinajstić information content (AvgIpc) is 3.28. The molecule has 12 heteroatoms. The summed E-state index contributed by atoms with van der Waals surface area (Å²) in [5.74, 6) is -0.835. The number of carbonyl (C=O) groups is 1. The molecule has 1 amide bonds. The van der Waals surface area contributed by atoms with Crippen molar-refractivity contribution in [3.8, 4) is 5.75 Å². The molecule has 3 aromatic rings. The van der Waals surface area contributed by atoms with E-state index in [9.17, 15) is 18.3 Å². The zero-order chi connectivity index (χ0) is 22.3. The van der Waals surface area contributed by atoms with E-state index in [1.807, 2.05) is 0 Å². The third-order valence-electron chi connectivity index (χ3n) is 4.95. The van der Waals surface area contributed by atoms with Crippen molar-refractivity contribution in [2.45, 2.75) is 23.2 Å². The van der Waals surface area contributed by atoms with Gasteiger partial charge >= 0.3 is 0 Å². The van der Waals surface area contributed by atoms with Gasteiger partial charge in [-0.25, -0.2) is 13.4 Å². The normalized spacial score (nSPS) is 16.9. The maximum atomic E-state index is 12.8. The van der Waals surface area contributed by atoms with Crippen LogP contribution in [0.4, 0.5) is 0 Å². The van der Waals surface area contributed by atoms with E-state index in [1.165, 1.54) is 17.0 Å². The van der Waals surface area contributed by atoms with Crippen LogP contribution in [0.15, 0.2) is 40.6 Å². The van der Waals surface area contributed by atoms with Crippen LogP contribution in [0.5, 0.6) is 5.75 Å². The topological polar surface area (TPSA) is 149 Å². The molecule has 0 spiro atoms. The second kappa shape index (κ2) is 8.08. The number of phenolic OH excluding ortho intramolecular Hbond substituents is 1. The Bertz CT molecular complexity index is 1310. The number of para-hydroxylation sites is 1. The maximum Gasteiger partial charge on any atom is 0.250 e. The summed E-state index contributed by atoms with van der Waals surface area (Å²) in [6.07, 6.45) is 0.292. The summed E-state index contributed by atoms with van der Waals surface area (Å²) in [6.45, 7) is 0.397. The molecule has 3 heterocycles. The predicted octanol–water partition coefficient (Wildman–Crippen LogP) is 2.02. The van der Waals surface area contributed by atoms with Gasteiger partial charge in [-0.2, -0.15) is 4.72 Å². The van der Waals surface area contributed by atoms with Crippen LogP contribution in [0.3, 0.4) is 0 Å². The molecular weight excluding hydrogens is 462 g/mol. The number of hydrogen-bond donors (Lipinski definition) is 4. The number of nitrogens with zero attached hydrogens (tertiary/aromatic N) is 2. The summed E-state index contributed by atoms with van der Waals surface area (Å²) in [5, 5.41) is 18.1. The number of amidine groups is 1. The van der Waals surface area contributed by atoms with Gasteiger partial charge in [-0.3, -0.25) is 10.2 Å². The molecule has 5 N–H and O–H groups in total. The van der Waals surface area contributed by atoms with Crippen molar-refractivity contribution in [1.82, 2.24) is 14.6 Å². The number of fused-ring (bicyclic) bond motifs is 1. The summed E-state index contributed by atoms with van der Waals surface area (Å²) in [4.78, 5) is 18.4. The van der Waals surface area contributed by atoms with Crippen molar-refractivity contribution in [2.75, 3.05) is 6.54 Å². The minimum Gasteiger partial charge on any atom is -0.507 e. The van der Waals surface area contributed by atoms with Gasteiger partial charge in [0.05, 0.1) is 15.8 Å². The number of phenols is 1. The molecule has 0 radical (unpaired) electrons. The molecular formula is C19H18ClN5O4S2. The number of pyridine rings is 1. The van der Waals surface area contributed by atoms with Gasteiger partial charge in [0.25, 0.3) is 10.0 Å². The van der Waals surface area contributed by atoms with Crippen LogP contribution in [-0.4, -0.2) is 47.7 Å². The highest BCUT2D eigenvalue weighted by Gasteiger charge is 2.35. The number of likely N-dealkylation sites (tertiary alicyclic amines) is 1. The molecule has 1 aromatic carbocycles. The van der Waals surface area contributed by atoms with Crippen molar-refractivity contribution < 1.29 is 18.3 Å². The number of rotatable bonds is 6. The van der Waals surface area contributed by atoms with Gasteiger partial charge in [0.15, 0.2) is 0 Å². The number of sulfonamides is 1. The number of nitrogens with one attached hydrogen (secondary N) is 2. The van der Waals surface area contributed by atoms with E-state index in [0.717, 1.165) is 11.3 Å². The lowest BCUT2D eigenvalue weighted by molar-refractivity contribution is -0.129. The molecule has 1 saturated heterocycles. The highest BCUT2D eigenvalue weighted by molar-refractivity contribution is 7.91. The SMILES string of the molecule is N=C(N)c1cccc(CN2CCC(NS(=O)(=O)c3cc4nc(Cl)ccc4s3)C2=O)c1O. The third-order valence-corrected chi connectivity index (χ3v) is 8.19. The fourth-order valence-corrected chi connectivity index (χ4v) is 6.12. The standard InChI is InChI=1S/C19H18ClN5O4S2/c20-15-5-4-14-13(23-15)8-16(30-14)31(28,29)24-12-6-7-25(19(12)27)9-10-2-1-3-11(17(10)26)18(21)22/h1-5,8,12,24,26H,6-7,9H2,(H3,21,22). The third kappa shape index (κ3) is 4.22. The van der Waals surface area contributed by atoms with E-state index in [2.05, 4.69) is 9.71 Å². The molecule has 1 fully saturated rings. The van der Waals surface area contributed by atoms with Crippen LogP contribution in [0.25, 0.3) is 10.2 Å². The monoisotopic (exact) mass is 479 g/mol. The number of aromatic nitrogens is 1. The van der Waals surface area contributed by atoms with Crippen LogP contribution in [-0.2, 0) is 21.4 Å². The van der Waals surface area contributed by atoms with Gasteiger partial charge < -0.3 is 15.7 Å². The zero-order valence-corrected chi connectivity index (χ0v) is 18.4. The first-order chi connectivity index (χ1) is 14.7. The first-order valence-electron chi connectivity index (χ1n) is 9.18. The van der Waals surface area contributed by atoms with Crippen LogP contribution < -0.4 is 10.5 Å². The van der Waals surface area contributed by atoms with Gasteiger partial charge in [-0.1, -0.05) is 23.7 Å². The molecule has 1 aliphatic rings. The van der Waals surface area contributed by atoms with Crippen LogP contribution in [0, 0.1) is 5.41 Å². The largest absolute Gasteiger partial charge is 0.507 e. The molecule has 2 aromatic heterocycles. The summed E-state index contributed by atoms with van der Waals surface area (Å²) in [7, 11) is -3.93. The van der Waals surface area contributed by atoms with Gasteiger partial charge in [-0.05, 0) is 30.7 Å². The Hall–Kier alpha value is -2.73. The van der Waals surface area contributed by atoms with Crippen molar-refractivity contribution in [3.05, 3.63) is 52.7 Å². The molecule has 9 nitrogen and oxygen atoms in total. The van der Waals surface area contributed by atoms with Crippen molar-refractivity contribution in [2.24, 2.45) is 5.73 Å². The average molecular weight is 480 g/mol. The van der Waals surface area contributed by atoms with Gasteiger partial charge in [-0.15, -0.1) is 11.3 Å². The van der Waals surface area contributed by atoms with Crippen LogP contribution >= 0.6 is 22.9 Å². The minimum absolute atomic E-state index is 0.0512. The van der Waals surface area contributed by atoms with E-state index in [1.54, 1.807) is 24.3 Å². The number of amides is 1. The van der Waals surface area contributed by atoms with Gasteiger partial charge in [0.2, 0.25) is 5.91 Å². The fraction of sp³-hybridized carbons (Fsp3) is 0.211. The zero-order valence-electron chi connectivity index (χ0n) is 16.0. The highest BCUT2D eigenvalue weighted by atomic mass is 35.5. The lowest BCUT2D eigenvalue weighted by Gasteiger charge is -2.18. The van der Waals surface area contributed by atoms with E-state index >= 15 is 0 Å². The Morgan fingerprint density at radius 2 is 2.16 bits per heavy atom. The first-order valence-corrected chi connectivity index (χ1v) is 11.9. The highest BCUT2D eigenvalue weighted by Crippen LogP contribution is 2.30. The number of halogens is 1. The first kappa shape index (κ1) is 21.5. The van der Waals surface area contributed by atoms with E-state index < -0.39 is 22.0 Å². The van der Waals surface area contributed by atoms with Crippen LogP contribution in [0.1, 0.15) is 17.5 Å². The quantitative estimate of drug-likeness (QED) is 0.241. The molecule has 1 unspecified atom stereocenters. The number of aromatic hydroxyl groups is 1. The number of carbonyl (C=O) groups excluding carboxylic acids is 1. The Labute approximate surface area is 187 Å². The second-order valence-electron chi connectivity index (χ2n) is 7.03. The van der Waals surface area contributed by atoms with Crippen molar-refractivity contribution in [1.29, 1.82) is 5.41 Å². The Morgan fingerprint density at radius 3 is 2.90 bits per heavy atom. The molecule has 4 rings (SSSR count). The lowest BCUT2D eigenvalue weighted by Crippen LogP contribution is -2.41. The Balaban J connectivity index is 1.50. The number of hydrogen-bond acceptors (Lipinski definition) is 7. The molecule has 1 atom stereocenters. The van der Waals surface area contributed by atoms with E-state index in [0.29, 0.717) is 28.7 Å². The second-order valence-corrected chi connectivity index (χ2v) is 10.4. The van der Waals surface area contributed by atoms with Crippen molar-refractivity contribution in [3.63, 3.8) is 0 Å². The number of benzene rings is 1. The van der Waals surface area contributed by atoms with Gasteiger partial charge in [0, 0.05) is 18.7 Å². The summed E-state index contributed by atoms with van der Waals surface area (Å²) in [5.41, 5.74) is 6.54. The van der Waals surface area contributed by atoms with E-state index in [4.69, 9.17) is 22.7 Å². The Kier molecular flexibility index (Phi) is 5.60. The molecule has 0 bridgehead atoms. The molecule has 1 aliphatic heterocycles. The maximum absolute atomic E-state index is 12.8. The smallest absolute Gasteiger partial charge is 0.250 e. The molecule has 31 heavy (non-hydrogen) atoms. The lowest BCUT2D eigenvalue weighted by atomic mass is 10.1. The molecule has 0 saturated carbocycles. The predicted molar refractivity (Wildman–Crippen MR) is 118 cm³/mol. The summed E-state index contributed by atoms with van der Waals surface area (Å²) >= 11 is 6.91. The number of nitrogen functional groups attached to an aromatic ring is 1. The Morgan fingerprint density at radius 1 is 1.39 bits per heavy atom. The fourth-order valence-electron chi connectivity index (χ4n) is 3.40. The van der Waals surface area contributed by atoms with Crippen LogP contribution in [0.2, 0.25) is 5.15 Å². The summed E-state index contributed by atoms with van der Waals surface area (Å²) in [6, 6.07) is 8.56. The minimum atomic E-state index is -3.93. The van der Waals surface area contributed by atoms with E-state index in [-0.39, 0.29) is 33.1 Å². The summed E-state index contributed by atoms with van der Waals surface area (Å²) < 4.78 is 28.8. The molecule has 0 aliphatic carbocycles. The van der Waals surface area contributed by atoms with Gasteiger partial charge in [0.1, 0.15) is 27.0 Å². The number of nitrogens with two attached hydrogens (primary N) is 1. The molecule has 162 valence electrons. The number of thiophene rings is 1.